The predicted octanol–water partition coefficient (Wildman–Crippen LogP) is 5.25. The number of anilines is 1. The molecule has 47 heavy (non-hydrogen) atoms. The third-order valence-corrected chi connectivity index (χ3v) is 8.33. The van der Waals surface area contributed by atoms with Gasteiger partial charge in [-0.25, -0.2) is 23.7 Å². The molecule has 2 fully saturated rings. The number of imidazole rings is 1. The van der Waals surface area contributed by atoms with Gasteiger partial charge in [0.2, 0.25) is 5.82 Å². The second-order valence-corrected chi connectivity index (χ2v) is 11.7. The zero-order valence-corrected chi connectivity index (χ0v) is 25.4. The number of hydrogen-bond acceptors (Lipinski definition) is 9. The number of alkyl halides is 3. The Balaban J connectivity index is 1.04. The molecule has 1 atom stereocenters. The molecule has 2 aliphatic rings. The summed E-state index contributed by atoms with van der Waals surface area (Å²) in [6.07, 6.45) is -2.29. The molecule has 0 spiro atoms. The normalized spacial score (nSPS) is 17.3. The van der Waals surface area contributed by atoms with Gasteiger partial charge in [0.05, 0.1) is 19.2 Å². The fourth-order valence-electron chi connectivity index (χ4n) is 5.45. The van der Waals surface area contributed by atoms with Crippen molar-refractivity contribution in [2.24, 2.45) is 0 Å². The van der Waals surface area contributed by atoms with Gasteiger partial charge < -0.3 is 18.9 Å². The molecule has 0 saturated carbocycles. The first-order valence-corrected chi connectivity index (χ1v) is 15.2. The summed E-state index contributed by atoms with van der Waals surface area (Å²) in [6.45, 7) is 3.97. The number of fused-ring (bicyclic) bond motifs is 1. The first-order chi connectivity index (χ1) is 22.6. The van der Waals surface area contributed by atoms with Gasteiger partial charge in [-0.15, -0.1) is 0 Å². The van der Waals surface area contributed by atoms with Crippen molar-refractivity contribution in [2.45, 2.75) is 38.4 Å². The monoisotopic (exact) mass is 675 g/mol. The van der Waals surface area contributed by atoms with Crippen LogP contribution >= 0.6 is 11.6 Å². The molecule has 6 heterocycles. The van der Waals surface area contributed by atoms with Crippen molar-refractivity contribution in [3.8, 4) is 17.3 Å². The Kier molecular flexibility index (Phi) is 8.40. The SMILES string of the molecule is Fc1cc(Cl)ccc1COc1nc(N2CCN(Cc3nc4cc(-c5n[nH]c(C(F)(F)F)n5)cnc4n3C[C@@H]3CCO3)CC2)ccc1F. The summed E-state index contributed by atoms with van der Waals surface area (Å²) < 4.78 is 81.0. The highest BCUT2D eigenvalue weighted by molar-refractivity contribution is 6.30. The van der Waals surface area contributed by atoms with Crippen molar-refractivity contribution in [2.75, 3.05) is 37.7 Å². The van der Waals surface area contributed by atoms with Crippen LogP contribution in [0.15, 0.2) is 42.6 Å². The van der Waals surface area contributed by atoms with E-state index in [4.69, 9.17) is 26.1 Å². The lowest BCUT2D eigenvalue weighted by Gasteiger charge is -2.35. The summed E-state index contributed by atoms with van der Waals surface area (Å²) in [5, 5.41) is 5.89. The summed E-state index contributed by atoms with van der Waals surface area (Å²) in [7, 11) is 0. The van der Waals surface area contributed by atoms with Gasteiger partial charge in [-0.2, -0.15) is 23.3 Å². The van der Waals surface area contributed by atoms with E-state index >= 15 is 0 Å². The number of rotatable bonds is 9. The molecule has 0 unspecified atom stereocenters. The van der Waals surface area contributed by atoms with Gasteiger partial charge in [-0.05, 0) is 36.8 Å². The van der Waals surface area contributed by atoms with E-state index < -0.39 is 23.6 Å². The van der Waals surface area contributed by atoms with E-state index in [0.29, 0.717) is 68.4 Å². The standard InChI is InChI=1S/C30H27ClF5N9O2/c31-19-2-1-17(22(33)12-19)16-47-28-21(32)3-4-24(39-28)44-8-6-43(7-9-44)15-25-38-23-11-18(26-40-29(42-41-26)30(34,35)36)13-37-27(23)45(25)14-20-5-10-46-20/h1-4,11-13,20H,5-10,14-16H2,(H,40,41,42)/t20-/m0/s1. The first kappa shape index (κ1) is 31.2. The van der Waals surface area contributed by atoms with Gasteiger partial charge in [-0.1, -0.05) is 17.7 Å². The van der Waals surface area contributed by atoms with E-state index in [1.165, 1.54) is 30.5 Å². The molecule has 7 rings (SSSR count). The van der Waals surface area contributed by atoms with Gasteiger partial charge in [-0.3, -0.25) is 10.00 Å². The molecule has 246 valence electrons. The second-order valence-electron chi connectivity index (χ2n) is 11.2. The largest absolute Gasteiger partial charge is 0.471 e. The molecule has 0 amide bonds. The van der Waals surface area contributed by atoms with Crippen LogP contribution in [0.25, 0.3) is 22.6 Å². The van der Waals surface area contributed by atoms with E-state index in [9.17, 15) is 22.0 Å². The molecule has 17 heteroatoms. The summed E-state index contributed by atoms with van der Waals surface area (Å²) in [6, 6.07) is 8.65. The van der Waals surface area contributed by atoms with Crippen LogP contribution in [0, 0.1) is 11.6 Å². The van der Waals surface area contributed by atoms with Crippen LogP contribution in [0.2, 0.25) is 5.02 Å². The van der Waals surface area contributed by atoms with Crippen molar-refractivity contribution >= 4 is 28.6 Å². The number of aromatic amines is 1. The minimum Gasteiger partial charge on any atom is -0.471 e. The van der Waals surface area contributed by atoms with E-state index in [0.717, 1.165) is 12.2 Å². The Labute approximate surface area is 269 Å². The molecule has 0 bridgehead atoms. The molecule has 0 radical (unpaired) electrons. The Morgan fingerprint density at radius 1 is 1.00 bits per heavy atom. The number of halogens is 6. The van der Waals surface area contributed by atoms with Crippen molar-refractivity contribution in [3.05, 3.63) is 76.5 Å². The Hall–Kier alpha value is -4.41. The van der Waals surface area contributed by atoms with Gasteiger partial charge >= 0.3 is 6.18 Å². The van der Waals surface area contributed by atoms with Gasteiger partial charge in [0.25, 0.3) is 5.88 Å². The van der Waals surface area contributed by atoms with Gasteiger partial charge in [0.15, 0.2) is 17.3 Å². The topological polar surface area (TPSA) is 110 Å². The molecular weight excluding hydrogens is 649 g/mol. The lowest BCUT2D eigenvalue weighted by atomic mass is 10.2. The Morgan fingerprint density at radius 3 is 2.51 bits per heavy atom. The molecular formula is C30H27ClF5N9O2. The summed E-state index contributed by atoms with van der Waals surface area (Å²) in [4.78, 5) is 21.5. The van der Waals surface area contributed by atoms with Crippen LogP contribution in [-0.2, 0) is 30.6 Å². The number of nitrogens with zero attached hydrogens (tertiary/aromatic N) is 8. The third kappa shape index (κ3) is 6.71. The van der Waals surface area contributed by atoms with Crippen LogP contribution < -0.4 is 9.64 Å². The van der Waals surface area contributed by atoms with Crippen LogP contribution in [-0.4, -0.2) is 78.5 Å². The average molecular weight is 676 g/mol. The number of benzene rings is 1. The van der Waals surface area contributed by atoms with Crippen LogP contribution in [0.5, 0.6) is 5.88 Å². The summed E-state index contributed by atoms with van der Waals surface area (Å²) in [5.41, 5.74) is 1.63. The van der Waals surface area contributed by atoms with Crippen molar-refractivity contribution in [1.29, 1.82) is 0 Å². The van der Waals surface area contributed by atoms with E-state index in [1.807, 2.05) is 14.6 Å². The maximum absolute atomic E-state index is 14.5. The first-order valence-electron chi connectivity index (χ1n) is 14.8. The number of nitrogens with one attached hydrogen (secondary N) is 1. The lowest BCUT2D eigenvalue weighted by Crippen LogP contribution is -2.46. The second kappa shape index (κ2) is 12.7. The van der Waals surface area contributed by atoms with Crippen LogP contribution in [0.3, 0.4) is 0 Å². The minimum absolute atomic E-state index is 0.0176. The quantitative estimate of drug-likeness (QED) is 0.210. The molecule has 1 N–H and O–H groups in total. The molecule has 4 aromatic heterocycles. The lowest BCUT2D eigenvalue weighted by molar-refractivity contribution is -0.144. The summed E-state index contributed by atoms with van der Waals surface area (Å²) >= 11 is 5.81. The number of aromatic nitrogens is 7. The smallest absolute Gasteiger partial charge is 0.451 e. The van der Waals surface area contributed by atoms with Crippen LogP contribution in [0.4, 0.5) is 27.8 Å². The predicted molar refractivity (Wildman–Crippen MR) is 160 cm³/mol. The van der Waals surface area contributed by atoms with E-state index in [2.05, 4.69) is 25.0 Å². The highest BCUT2D eigenvalue weighted by Crippen LogP contribution is 2.29. The highest BCUT2D eigenvalue weighted by atomic mass is 35.5. The molecule has 2 aliphatic heterocycles. The van der Waals surface area contributed by atoms with E-state index in [1.54, 1.807) is 12.1 Å². The highest BCUT2D eigenvalue weighted by Gasteiger charge is 2.35. The van der Waals surface area contributed by atoms with Gasteiger partial charge in [0, 0.05) is 55.1 Å². The molecule has 5 aromatic rings. The number of H-pyrrole nitrogens is 1. The number of ether oxygens (including phenoxy) is 2. The maximum Gasteiger partial charge on any atom is 0.451 e. The zero-order valence-electron chi connectivity index (χ0n) is 24.6. The number of piperazine rings is 1. The number of hydrogen-bond donors (Lipinski definition) is 1. The van der Waals surface area contributed by atoms with Crippen LogP contribution in [0.1, 0.15) is 23.6 Å². The van der Waals surface area contributed by atoms with Crippen molar-refractivity contribution in [3.63, 3.8) is 0 Å². The summed E-state index contributed by atoms with van der Waals surface area (Å²) in [5.74, 6) is -1.47. The fourth-order valence-corrected chi connectivity index (χ4v) is 5.61. The zero-order chi connectivity index (χ0) is 32.7. The van der Waals surface area contributed by atoms with Crippen molar-refractivity contribution in [1.82, 2.24) is 39.6 Å². The fraction of sp³-hybridized carbons (Fsp3) is 0.367. The Morgan fingerprint density at radius 2 is 1.81 bits per heavy atom. The van der Waals surface area contributed by atoms with Crippen molar-refractivity contribution < 1.29 is 31.4 Å². The minimum atomic E-state index is -4.65. The number of pyridine rings is 2. The van der Waals surface area contributed by atoms with Gasteiger partial charge in [0.1, 0.15) is 29.6 Å². The molecule has 2 saturated heterocycles. The molecule has 11 nitrogen and oxygen atoms in total. The maximum atomic E-state index is 14.5. The third-order valence-electron chi connectivity index (χ3n) is 8.10. The Bertz CT molecular complexity index is 1900. The molecule has 0 aliphatic carbocycles. The average Bonchev–Trinajstić information content (AvgIpc) is 3.65. The van der Waals surface area contributed by atoms with E-state index in [-0.39, 0.29) is 35.0 Å². The molecule has 1 aromatic carbocycles.